The number of carbonyl (C=O) groups excluding carboxylic acids is 1. The molecule has 3 heterocycles. The molecule has 1 unspecified atom stereocenters. The summed E-state index contributed by atoms with van der Waals surface area (Å²) in [6, 6.07) is 0. The summed E-state index contributed by atoms with van der Waals surface area (Å²) >= 11 is 0. The van der Waals surface area contributed by atoms with Gasteiger partial charge in [-0.05, 0) is 13.3 Å². The highest BCUT2D eigenvalue weighted by molar-refractivity contribution is 5.87. The molecule has 1 amide bonds. The van der Waals surface area contributed by atoms with E-state index in [0.29, 0.717) is 0 Å². The largest absolute Gasteiger partial charge is 0.405 e. The Morgan fingerprint density at radius 3 is 2.59 bits per heavy atom. The number of alkyl halides is 3. The molecule has 0 radical (unpaired) electrons. The zero-order valence-electron chi connectivity index (χ0n) is 11.8. The van der Waals surface area contributed by atoms with Crippen LogP contribution < -0.4 is 5.32 Å². The van der Waals surface area contributed by atoms with E-state index in [2.05, 4.69) is 15.5 Å². The van der Waals surface area contributed by atoms with Gasteiger partial charge in [0.1, 0.15) is 0 Å². The molecule has 2 aliphatic heterocycles. The van der Waals surface area contributed by atoms with Crippen molar-refractivity contribution >= 4 is 5.91 Å². The minimum Gasteiger partial charge on any atom is -0.377 e. The second-order valence-electron chi connectivity index (χ2n) is 5.84. The molecule has 0 aromatic carbocycles. The molecule has 2 saturated heterocycles. The van der Waals surface area contributed by atoms with Crippen molar-refractivity contribution in [1.82, 2.24) is 20.4 Å². The number of likely N-dealkylation sites (tertiary alicyclic amines) is 1. The number of aromatic nitrogens is 2. The Morgan fingerprint density at radius 1 is 1.45 bits per heavy atom. The maximum absolute atomic E-state index is 13.6. The van der Waals surface area contributed by atoms with Crippen LogP contribution in [0.4, 0.5) is 13.2 Å². The Bertz CT molecular complexity index is 599. The minimum absolute atomic E-state index is 0.0427. The summed E-state index contributed by atoms with van der Waals surface area (Å²) in [5.41, 5.74) is -4.00. The molecule has 1 aromatic heterocycles. The predicted molar refractivity (Wildman–Crippen MR) is 65.8 cm³/mol. The predicted octanol–water partition coefficient (Wildman–Crippen LogP) is -0.255. The number of aliphatic hydroxyl groups is 1. The van der Waals surface area contributed by atoms with Crippen LogP contribution in [0.3, 0.4) is 0 Å². The second-order valence-corrected chi connectivity index (χ2v) is 5.84. The van der Waals surface area contributed by atoms with E-state index >= 15 is 0 Å². The standard InChI is InChI=1S/C12H15F3N4O3/c1-7-17-8(22-18-7)10(12(13,14)15)2-3-19(6-10)9(20)11(21)4-16-5-11/h16,21H,2-6H2,1H3. The molecular formula is C12H15F3N4O3. The van der Waals surface area contributed by atoms with Crippen LogP contribution in [0.25, 0.3) is 0 Å². The highest BCUT2D eigenvalue weighted by Gasteiger charge is 2.64. The average molecular weight is 320 g/mol. The van der Waals surface area contributed by atoms with Crippen LogP contribution in [-0.4, -0.2) is 64.0 Å². The van der Waals surface area contributed by atoms with Gasteiger partial charge in [0.15, 0.2) is 16.8 Å². The molecule has 122 valence electrons. The Balaban J connectivity index is 1.89. The number of hydrogen-bond acceptors (Lipinski definition) is 6. The molecule has 1 atom stereocenters. The molecular weight excluding hydrogens is 305 g/mol. The first-order valence-corrected chi connectivity index (χ1v) is 6.78. The lowest BCUT2D eigenvalue weighted by molar-refractivity contribution is -0.195. The van der Waals surface area contributed by atoms with Crippen molar-refractivity contribution in [1.29, 1.82) is 0 Å². The maximum atomic E-state index is 13.6. The highest BCUT2D eigenvalue weighted by Crippen LogP contribution is 2.47. The van der Waals surface area contributed by atoms with E-state index in [0.717, 1.165) is 4.90 Å². The maximum Gasteiger partial charge on any atom is 0.405 e. The number of β-amino-alcohol motifs (C(OH)–C–C–N with tert-alkyl or cyclic N) is 1. The van der Waals surface area contributed by atoms with Gasteiger partial charge < -0.3 is 19.8 Å². The molecule has 2 N–H and O–H groups in total. The third-order valence-corrected chi connectivity index (χ3v) is 4.27. The molecule has 0 aliphatic carbocycles. The van der Waals surface area contributed by atoms with Crippen molar-refractivity contribution in [3.63, 3.8) is 0 Å². The summed E-state index contributed by atoms with van der Waals surface area (Å²) in [7, 11) is 0. The van der Waals surface area contributed by atoms with Crippen molar-refractivity contribution in [3.8, 4) is 0 Å². The van der Waals surface area contributed by atoms with Crippen LogP contribution in [0.5, 0.6) is 0 Å². The quantitative estimate of drug-likeness (QED) is 0.780. The summed E-state index contributed by atoms with van der Waals surface area (Å²) in [5.74, 6) is -1.13. The average Bonchev–Trinajstić information content (AvgIpc) is 3.01. The molecule has 0 saturated carbocycles. The summed E-state index contributed by atoms with van der Waals surface area (Å²) in [6.07, 6.45) is -5.01. The SMILES string of the molecule is Cc1noc(C2(C(F)(F)F)CCN(C(=O)C3(O)CNC3)C2)n1. The van der Waals surface area contributed by atoms with E-state index in [1.165, 1.54) is 6.92 Å². The Hall–Kier alpha value is -1.68. The van der Waals surface area contributed by atoms with Crippen LogP contribution in [0.15, 0.2) is 4.52 Å². The zero-order chi connectivity index (χ0) is 16.2. The molecule has 0 bridgehead atoms. The van der Waals surface area contributed by atoms with Crippen LogP contribution >= 0.6 is 0 Å². The van der Waals surface area contributed by atoms with Gasteiger partial charge >= 0.3 is 6.18 Å². The number of nitrogens with zero attached hydrogens (tertiary/aromatic N) is 3. The molecule has 1 aromatic rings. The zero-order valence-corrected chi connectivity index (χ0v) is 11.8. The van der Waals surface area contributed by atoms with Gasteiger partial charge in [0, 0.05) is 26.2 Å². The van der Waals surface area contributed by atoms with Gasteiger partial charge in [0.2, 0.25) is 5.89 Å². The van der Waals surface area contributed by atoms with Gasteiger partial charge in [0.25, 0.3) is 5.91 Å². The number of halogens is 3. The normalized spacial score (nSPS) is 27.8. The molecule has 0 spiro atoms. The van der Waals surface area contributed by atoms with E-state index in [-0.39, 0.29) is 31.9 Å². The smallest absolute Gasteiger partial charge is 0.377 e. The summed E-state index contributed by atoms with van der Waals surface area (Å²) in [4.78, 5) is 16.9. The van der Waals surface area contributed by atoms with Crippen LogP contribution in [0.1, 0.15) is 18.1 Å². The van der Waals surface area contributed by atoms with Gasteiger partial charge in [-0.25, -0.2) is 0 Å². The van der Waals surface area contributed by atoms with E-state index in [1.807, 2.05) is 0 Å². The van der Waals surface area contributed by atoms with Gasteiger partial charge in [-0.15, -0.1) is 0 Å². The lowest BCUT2D eigenvalue weighted by atomic mass is 9.86. The lowest BCUT2D eigenvalue weighted by Crippen LogP contribution is -2.67. The molecule has 7 nitrogen and oxygen atoms in total. The monoisotopic (exact) mass is 320 g/mol. The number of aryl methyl sites for hydroxylation is 1. The van der Waals surface area contributed by atoms with Crippen LogP contribution in [0, 0.1) is 6.92 Å². The Kier molecular flexibility index (Phi) is 3.22. The topological polar surface area (TPSA) is 91.5 Å². The van der Waals surface area contributed by atoms with Crippen LogP contribution in [0.2, 0.25) is 0 Å². The molecule has 10 heteroatoms. The first-order valence-electron chi connectivity index (χ1n) is 6.78. The highest BCUT2D eigenvalue weighted by atomic mass is 19.4. The third kappa shape index (κ3) is 2.09. The fourth-order valence-electron chi connectivity index (χ4n) is 2.81. The fourth-order valence-corrected chi connectivity index (χ4v) is 2.81. The number of carbonyl (C=O) groups is 1. The minimum atomic E-state index is -4.64. The van der Waals surface area contributed by atoms with Gasteiger partial charge in [-0.2, -0.15) is 18.2 Å². The first kappa shape index (κ1) is 15.2. The Morgan fingerprint density at radius 2 is 2.14 bits per heavy atom. The number of amides is 1. The molecule has 3 rings (SSSR count). The van der Waals surface area contributed by atoms with E-state index < -0.39 is 35.5 Å². The van der Waals surface area contributed by atoms with Crippen LogP contribution in [-0.2, 0) is 10.2 Å². The molecule has 2 aliphatic rings. The fraction of sp³-hybridized carbons (Fsp3) is 0.750. The first-order chi connectivity index (χ1) is 10.2. The number of rotatable bonds is 2. The van der Waals surface area contributed by atoms with E-state index in [9.17, 15) is 23.1 Å². The van der Waals surface area contributed by atoms with Gasteiger partial charge in [0.05, 0.1) is 0 Å². The van der Waals surface area contributed by atoms with Crippen molar-refractivity contribution in [2.75, 3.05) is 26.2 Å². The molecule has 22 heavy (non-hydrogen) atoms. The van der Waals surface area contributed by atoms with Crippen molar-refractivity contribution < 1.29 is 27.6 Å². The third-order valence-electron chi connectivity index (χ3n) is 4.27. The van der Waals surface area contributed by atoms with E-state index in [4.69, 9.17) is 4.52 Å². The van der Waals surface area contributed by atoms with Crippen molar-refractivity contribution in [3.05, 3.63) is 11.7 Å². The summed E-state index contributed by atoms with van der Waals surface area (Å²) < 4.78 is 45.5. The lowest BCUT2D eigenvalue weighted by Gasteiger charge is -2.39. The number of nitrogens with one attached hydrogen (secondary N) is 1. The second kappa shape index (κ2) is 4.66. The van der Waals surface area contributed by atoms with Gasteiger partial charge in [-0.3, -0.25) is 4.79 Å². The van der Waals surface area contributed by atoms with Gasteiger partial charge in [-0.1, -0.05) is 5.16 Å². The van der Waals surface area contributed by atoms with E-state index in [1.54, 1.807) is 0 Å². The number of hydrogen-bond donors (Lipinski definition) is 2. The van der Waals surface area contributed by atoms with Crippen molar-refractivity contribution in [2.24, 2.45) is 0 Å². The summed E-state index contributed by atoms with van der Waals surface area (Å²) in [5, 5.41) is 16.1. The molecule has 2 fully saturated rings. The van der Waals surface area contributed by atoms with Crippen molar-refractivity contribution in [2.45, 2.75) is 30.5 Å². The Labute approximate surface area is 123 Å². The summed E-state index contributed by atoms with van der Waals surface area (Å²) in [6.45, 7) is 0.765.